The number of hydrogen-bond acceptors (Lipinski definition) is 6. The van der Waals surface area contributed by atoms with E-state index in [-0.39, 0.29) is 17.8 Å². The second-order valence-corrected chi connectivity index (χ2v) is 7.50. The van der Waals surface area contributed by atoms with Crippen molar-refractivity contribution in [1.29, 1.82) is 0 Å². The molecule has 1 fully saturated rings. The van der Waals surface area contributed by atoms with Crippen molar-refractivity contribution in [3.63, 3.8) is 0 Å². The zero-order valence-electron chi connectivity index (χ0n) is 17.6. The molecule has 1 saturated carbocycles. The molecule has 0 heterocycles. The Morgan fingerprint density at radius 3 is 2.47 bits per heavy atom. The Hall–Kier alpha value is -2.57. The Labute approximate surface area is 177 Å². The SMILES string of the molecule is COc1ccc(COCCOc2ccc(C(=O)C[C@@H]3CCCC3O)cc2OC)cc1. The van der Waals surface area contributed by atoms with Crippen molar-refractivity contribution in [2.24, 2.45) is 5.92 Å². The third-order valence-corrected chi connectivity index (χ3v) is 5.47. The first-order chi connectivity index (χ1) is 14.6. The summed E-state index contributed by atoms with van der Waals surface area (Å²) in [4.78, 5) is 12.6. The summed E-state index contributed by atoms with van der Waals surface area (Å²) < 4.78 is 22.0. The number of rotatable bonds is 11. The predicted molar refractivity (Wildman–Crippen MR) is 113 cm³/mol. The molecule has 0 amide bonds. The van der Waals surface area contributed by atoms with Gasteiger partial charge in [-0.2, -0.15) is 0 Å². The van der Waals surface area contributed by atoms with Crippen molar-refractivity contribution in [2.75, 3.05) is 27.4 Å². The molecule has 2 aromatic rings. The third-order valence-electron chi connectivity index (χ3n) is 5.47. The Morgan fingerprint density at radius 2 is 1.80 bits per heavy atom. The number of ether oxygens (including phenoxy) is 4. The van der Waals surface area contributed by atoms with Gasteiger partial charge in [-0.15, -0.1) is 0 Å². The second-order valence-electron chi connectivity index (χ2n) is 7.50. The summed E-state index contributed by atoms with van der Waals surface area (Å²) in [5.74, 6) is 1.98. The number of aliphatic hydroxyl groups is 1. The van der Waals surface area contributed by atoms with Gasteiger partial charge in [-0.3, -0.25) is 4.79 Å². The third kappa shape index (κ3) is 5.97. The van der Waals surface area contributed by atoms with Gasteiger partial charge in [0.15, 0.2) is 17.3 Å². The van der Waals surface area contributed by atoms with Gasteiger partial charge in [-0.25, -0.2) is 0 Å². The number of methoxy groups -OCH3 is 2. The summed E-state index contributed by atoms with van der Waals surface area (Å²) in [5.41, 5.74) is 1.64. The molecule has 6 nitrogen and oxygen atoms in total. The lowest BCUT2D eigenvalue weighted by atomic mass is 9.95. The van der Waals surface area contributed by atoms with Gasteiger partial charge in [0.25, 0.3) is 0 Å². The molecule has 0 radical (unpaired) electrons. The van der Waals surface area contributed by atoms with E-state index in [9.17, 15) is 9.90 Å². The van der Waals surface area contributed by atoms with Crippen LogP contribution in [0.25, 0.3) is 0 Å². The zero-order chi connectivity index (χ0) is 21.3. The fraction of sp³-hybridized carbons (Fsp3) is 0.458. The molecule has 6 heteroatoms. The molecular formula is C24H30O6. The van der Waals surface area contributed by atoms with Gasteiger partial charge >= 0.3 is 0 Å². The standard InChI is InChI=1S/C24H30O6/c1-27-20-9-6-17(7-10-20)16-29-12-13-30-23-11-8-19(15-24(23)28-2)22(26)14-18-4-3-5-21(18)25/h6-11,15,18,21,25H,3-5,12-14,16H2,1-2H3/t18-,21?/m0/s1. The molecule has 0 saturated heterocycles. The van der Waals surface area contributed by atoms with Crippen LogP contribution in [0, 0.1) is 5.92 Å². The number of carbonyl (C=O) groups is 1. The van der Waals surface area contributed by atoms with Crippen molar-refractivity contribution in [3.05, 3.63) is 53.6 Å². The van der Waals surface area contributed by atoms with Crippen LogP contribution in [0.1, 0.15) is 41.6 Å². The van der Waals surface area contributed by atoms with Gasteiger partial charge in [0.2, 0.25) is 0 Å². The van der Waals surface area contributed by atoms with E-state index >= 15 is 0 Å². The summed E-state index contributed by atoms with van der Waals surface area (Å²) in [6.45, 7) is 1.29. The minimum Gasteiger partial charge on any atom is -0.497 e. The van der Waals surface area contributed by atoms with Gasteiger partial charge in [-0.1, -0.05) is 18.6 Å². The maximum Gasteiger partial charge on any atom is 0.163 e. The van der Waals surface area contributed by atoms with Crippen LogP contribution in [0.3, 0.4) is 0 Å². The maximum atomic E-state index is 12.6. The first-order valence-electron chi connectivity index (χ1n) is 10.3. The number of hydrogen-bond donors (Lipinski definition) is 1. The molecule has 0 spiro atoms. The fourth-order valence-corrected chi connectivity index (χ4v) is 3.69. The van der Waals surface area contributed by atoms with Crippen LogP contribution in [-0.2, 0) is 11.3 Å². The number of Topliss-reactive ketones (excluding diaryl/α,β-unsaturated/α-hetero) is 1. The highest BCUT2D eigenvalue weighted by atomic mass is 16.5. The van der Waals surface area contributed by atoms with Crippen molar-refractivity contribution < 1.29 is 28.8 Å². The van der Waals surface area contributed by atoms with Crippen molar-refractivity contribution >= 4 is 5.78 Å². The lowest BCUT2D eigenvalue weighted by molar-refractivity contribution is 0.0863. The Balaban J connectivity index is 1.46. The minimum atomic E-state index is -0.364. The number of benzene rings is 2. The molecule has 1 aliphatic carbocycles. The van der Waals surface area contributed by atoms with E-state index < -0.39 is 0 Å². The molecular weight excluding hydrogens is 384 g/mol. The number of ketones is 1. The van der Waals surface area contributed by atoms with Crippen molar-refractivity contribution in [2.45, 2.75) is 38.4 Å². The van der Waals surface area contributed by atoms with Gasteiger partial charge in [0, 0.05) is 12.0 Å². The van der Waals surface area contributed by atoms with E-state index in [0.717, 1.165) is 30.6 Å². The van der Waals surface area contributed by atoms with E-state index in [1.54, 1.807) is 32.4 Å². The van der Waals surface area contributed by atoms with Crippen LogP contribution >= 0.6 is 0 Å². The average molecular weight is 414 g/mol. The molecule has 2 atom stereocenters. The summed E-state index contributed by atoms with van der Waals surface area (Å²) in [5, 5.41) is 9.95. The Bertz CT molecular complexity index is 817. The summed E-state index contributed by atoms with van der Waals surface area (Å²) >= 11 is 0. The summed E-state index contributed by atoms with van der Waals surface area (Å²) in [6, 6.07) is 12.9. The van der Waals surface area contributed by atoms with Gasteiger partial charge in [0.1, 0.15) is 12.4 Å². The minimum absolute atomic E-state index is 0.0219. The monoisotopic (exact) mass is 414 g/mol. The van der Waals surface area contributed by atoms with Crippen LogP contribution in [0.2, 0.25) is 0 Å². The molecule has 0 bridgehead atoms. The highest BCUT2D eigenvalue weighted by Crippen LogP contribution is 2.32. The second kappa shape index (κ2) is 11.0. The highest BCUT2D eigenvalue weighted by molar-refractivity contribution is 5.96. The molecule has 30 heavy (non-hydrogen) atoms. The Kier molecular flexibility index (Phi) is 8.11. The maximum absolute atomic E-state index is 12.6. The summed E-state index contributed by atoms with van der Waals surface area (Å²) in [6.07, 6.45) is 2.67. The fourth-order valence-electron chi connectivity index (χ4n) is 3.69. The van der Waals surface area contributed by atoms with Crippen molar-refractivity contribution in [1.82, 2.24) is 0 Å². The smallest absolute Gasteiger partial charge is 0.163 e. The Morgan fingerprint density at radius 1 is 1.00 bits per heavy atom. The normalized spacial score (nSPS) is 18.2. The molecule has 1 N–H and O–H groups in total. The van der Waals surface area contributed by atoms with Crippen LogP contribution in [-0.4, -0.2) is 44.4 Å². The van der Waals surface area contributed by atoms with E-state index in [1.165, 1.54) is 0 Å². The topological polar surface area (TPSA) is 74.2 Å². The van der Waals surface area contributed by atoms with Crippen LogP contribution in [0.5, 0.6) is 17.2 Å². The van der Waals surface area contributed by atoms with E-state index in [2.05, 4.69) is 0 Å². The molecule has 0 aromatic heterocycles. The van der Waals surface area contributed by atoms with E-state index in [4.69, 9.17) is 18.9 Å². The van der Waals surface area contributed by atoms with Gasteiger partial charge < -0.3 is 24.1 Å². The molecule has 0 aliphatic heterocycles. The quantitative estimate of drug-likeness (QED) is 0.442. The molecule has 1 unspecified atom stereocenters. The number of carbonyl (C=O) groups excluding carboxylic acids is 1. The van der Waals surface area contributed by atoms with E-state index in [1.807, 2.05) is 24.3 Å². The first-order valence-corrected chi connectivity index (χ1v) is 10.3. The highest BCUT2D eigenvalue weighted by Gasteiger charge is 2.27. The molecule has 2 aromatic carbocycles. The van der Waals surface area contributed by atoms with Gasteiger partial charge in [0.05, 0.1) is 33.5 Å². The van der Waals surface area contributed by atoms with Crippen LogP contribution < -0.4 is 14.2 Å². The first kappa shape index (κ1) is 22.1. The largest absolute Gasteiger partial charge is 0.497 e. The molecule has 1 aliphatic rings. The lowest BCUT2D eigenvalue weighted by Crippen LogP contribution is -2.17. The van der Waals surface area contributed by atoms with E-state index in [0.29, 0.717) is 43.3 Å². The van der Waals surface area contributed by atoms with Crippen LogP contribution in [0.15, 0.2) is 42.5 Å². The summed E-state index contributed by atoms with van der Waals surface area (Å²) in [7, 11) is 3.19. The van der Waals surface area contributed by atoms with Crippen molar-refractivity contribution in [3.8, 4) is 17.2 Å². The van der Waals surface area contributed by atoms with Crippen LogP contribution in [0.4, 0.5) is 0 Å². The number of aliphatic hydroxyl groups excluding tert-OH is 1. The van der Waals surface area contributed by atoms with Gasteiger partial charge in [-0.05, 0) is 54.7 Å². The average Bonchev–Trinajstić information content (AvgIpc) is 3.18. The lowest BCUT2D eigenvalue weighted by Gasteiger charge is -2.15. The zero-order valence-corrected chi connectivity index (χ0v) is 17.6. The molecule has 3 rings (SSSR count). The molecule has 162 valence electrons. The predicted octanol–water partition coefficient (Wildman–Crippen LogP) is 4.03.